The van der Waals surface area contributed by atoms with Crippen molar-refractivity contribution in [1.82, 2.24) is 4.90 Å². The van der Waals surface area contributed by atoms with Crippen LogP contribution in [-0.4, -0.2) is 41.7 Å². The Kier molecular flexibility index (Phi) is 19.9. The van der Waals surface area contributed by atoms with Crippen molar-refractivity contribution in [3.63, 3.8) is 0 Å². The number of carboxylic acids is 1. The van der Waals surface area contributed by atoms with Crippen LogP contribution in [0.5, 0.6) is 0 Å². The van der Waals surface area contributed by atoms with Crippen LogP contribution in [-0.2, 0) is 4.79 Å². The molecule has 0 heterocycles. The van der Waals surface area contributed by atoms with Gasteiger partial charge in [0.05, 0.1) is 12.6 Å². The number of carbonyl (C=O) groups excluding carboxylic acids is 1. The Bertz CT molecular complexity index is 252. The molecule has 0 saturated carbocycles. The van der Waals surface area contributed by atoms with Crippen molar-refractivity contribution in [3.8, 4) is 0 Å². The molecule has 0 fully saturated rings. The van der Waals surface area contributed by atoms with E-state index in [4.69, 9.17) is 5.11 Å². The van der Waals surface area contributed by atoms with Gasteiger partial charge in [-0.2, -0.15) is 0 Å². The molecule has 1 atom stereocenters. The zero-order chi connectivity index (χ0) is 15.9. The van der Waals surface area contributed by atoms with E-state index < -0.39 is 12.0 Å². The smallest absolute Gasteiger partial charge is 0.548 e. The maximum absolute atomic E-state index is 10.9. The van der Waals surface area contributed by atoms with Crippen LogP contribution in [0.4, 0.5) is 0 Å². The molecule has 126 valence electrons. The predicted molar refractivity (Wildman–Crippen MR) is 85.0 cm³/mol. The van der Waals surface area contributed by atoms with Gasteiger partial charge >= 0.3 is 29.6 Å². The molecule has 4 nitrogen and oxygen atoms in total. The van der Waals surface area contributed by atoms with Crippen LogP contribution in [0.25, 0.3) is 0 Å². The van der Waals surface area contributed by atoms with Crippen molar-refractivity contribution >= 4 is 5.97 Å². The molecule has 0 aliphatic heterocycles. The van der Waals surface area contributed by atoms with Gasteiger partial charge in [-0.25, -0.2) is 0 Å². The number of carboxylic acid groups (broad SMARTS) is 1. The van der Waals surface area contributed by atoms with Crippen LogP contribution >= 0.6 is 0 Å². The fourth-order valence-corrected chi connectivity index (χ4v) is 2.58. The molecule has 0 aromatic rings. The van der Waals surface area contributed by atoms with Crippen LogP contribution in [0.3, 0.4) is 0 Å². The van der Waals surface area contributed by atoms with Gasteiger partial charge in [-0.15, -0.1) is 0 Å². The number of carbonyl (C=O) groups is 1. The Balaban J connectivity index is 0. The first-order chi connectivity index (χ1) is 10.1. The molecule has 0 aromatic carbocycles. The molecule has 0 amide bonds. The van der Waals surface area contributed by atoms with E-state index in [2.05, 4.69) is 6.92 Å². The van der Waals surface area contributed by atoms with E-state index in [1.807, 2.05) is 0 Å². The van der Waals surface area contributed by atoms with Gasteiger partial charge in [0.25, 0.3) is 0 Å². The van der Waals surface area contributed by atoms with Crippen molar-refractivity contribution in [2.45, 2.75) is 84.1 Å². The minimum absolute atomic E-state index is 0. The van der Waals surface area contributed by atoms with Crippen LogP contribution in [0.1, 0.15) is 78.1 Å². The number of nitrogens with zero attached hydrogens (tertiary/aromatic N) is 1. The van der Waals surface area contributed by atoms with Gasteiger partial charge in [0.2, 0.25) is 0 Å². The first kappa shape index (κ1) is 24.6. The summed E-state index contributed by atoms with van der Waals surface area (Å²) in [6, 6.07) is -0.615. The van der Waals surface area contributed by atoms with Crippen LogP contribution in [0.2, 0.25) is 0 Å². The van der Waals surface area contributed by atoms with Crippen LogP contribution < -0.4 is 34.7 Å². The predicted octanol–water partition coefficient (Wildman–Crippen LogP) is -0.656. The Hall–Kier alpha value is 0.390. The fraction of sp³-hybridized carbons (Fsp3) is 0.941. The standard InChI is InChI=1S/C17H35NO3.Na/c1-3-4-5-6-7-8-9-10-11-12-13-18(14-15-19)16(2)17(20)21;/h16,19H,3-15H2,1-2H3,(H,20,21);/q;+1/p-1. The monoisotopic (exact) mass is 323 g/mol. The largest absolute Gasteiger partial charge is 1.00 e. The average Bonchev–Trinajstić information content (AvgIpc) is 2.47. The van der Waals surface area contributed by atoms with Crippen LogP contribution in [0.15, 0.2) is 0 Å². The Morgan fingerprint density at radius 1 is 0.955 bits per heavy atom. The van der Waals surface area contributed by atoms with Crippen molar-refractivity contribution < 1.29 is 44.6 Å². The Morgan fingerprint density at radius 3 is 1.82 bits per heavy atom. The summed E-state index contributed by atoms with van der Waals surface area (Å²) >= 11 is 0. The van der Waals surface area contributed by atoms with Gasteiger partial charge in [-0.05, 0) is 19.9 Å². The minimum atomic E-state index is -1.06. The Labute approximate surface area is 159 Å². The molecule has 5 heteroatoms. The molecule has 0 aliphatic rings. The molecular weight excluding hydrogens is 289 g/mol. The second-order valence-electron chi connectivity index (χ2n) is 5.94. The van der Waals surface area contributed by atoms with Gasteiger partial charge in [0, 0.05) is 12.6 Å². The second-order valence-corrected chi connectivity index (χ2v) is 5.94. The molecule has 0 rings (SSSR count). The molecule has 1 unspecified atom stereocenters. The molecule has 1 N–H and O–H groups in total. The van der Waals surface area contributed by atoms with Crippen molar-refractivity contribution in [2.75, 3.05) is 19.7 Å². The molecule has 0 bridgehead atoms. The number of hydrogen-bond donors (Lipinski definition) is 1. The number of unbranched alkanes of at least 4 members (excludes halogenated alkanes) is 9. The van der Waals surface area contributed by atoms with E-state index in [-0.39, 0.29) is 36.2 Å². The average molecular weight is 323 g/mol. The third kappa shape index (κ3) is 14.0. The second kappa shape index (κ2) is 17.7. The minimum Gasteiger partial charge on any atom is -0.548 e. The van der Waals surface area contributed by atoms with E-state index in [0.717, 1.165) is 19.4 Å². The van der Waals surface area contributed by atoms with Gasteiger partial charge in [0.1, 0.15) is 0 Å². The molecule has 0 aliphatic carbocycles. The summed E-state index contributed by atoms with van der Waals surface area (Å²) in [5.41, 5.74) is 0. The topological polar surface area (TPSA) is 63.6 Å². The van der Waals surface area contributed by atoms with E-state index in [1.165, 1.54) is 51.4 Å². The molecule has 0 saturated heterocycles. The third-order valence-corrected chi connectivity index (χ3v) is 4.07. The third-order valence-electron chi connectivity index (χ3n) is 4.07. The van der Waals surface area contributed by atoms with E-state index in [9.17, 15) is 9.90 Å². The fourth-order valence-electron chi connectivity index (χ4n) is 2.58. The maximum Gasteiger partial charge on any atom is 1.00 e. The summed E-state index contributed by atoms with van der Waals surface area (Å²) in [5.74, 6) is -1.06. The van der Waals surface area contributed by atoms with Gasteiger partial charge in [-0.1, -0.05) is 64.7 Å². The SMILES string of the molecule is CCCCCCCCCCCCN(CCO)C(C)C(=O)[O-].[Na+]. The van der Waals surface area contributed by atoms with E-state index >= 15 is 0 Å². The normalized spacial score (nSPS) is 12.2. The molecule has 22 heavy (non-hydrogen) atoms. The molecule has 0 spiro atoms. The summed E-state index contributed by atoms with van der Waals surface area (Å²) in [4.78, 5) is 12.7. The summed E-state index contributed by atoms with van der Waals surface area (Å²) < 4.78 is 0. The van der Waals surface area contributed by atoms with Crippen LogP contribution in [0, 0.1) is 0 Å². The molecule has 0 radical (unpaired) electrons. The summed E-state index contributed by atoms with van der Waals surface area (Å²) in [5, 5.41) is 19.8. The molecular formula is C17H34NNaO3. The zero-order valence-electron chi connectivity index (χ0n) is 15.0. The van der Waals surface area contributed by atoms with E-state index in [1.54, 1.807) is 11.8 Å². The van der Waals surface area contributed by atoms with Crippen molar-refractivity contribution in [2.24, 2.45) is 0 Å². The van der Waals surface area contributed by atoms with Gasteiger partial charge < -0.3 is 15.0 Å². The number of aliphatic carboxylic acids is 1. The van der Waals surface area contributed by atoms with Gasteiger partial charge in [-0.3, -0.25) is 4.90 Å². The first-order valence-electron chi connectivity index (χ1n) is 8.69. The quantitative estimate of drug-likeness (QED) is 0.321. The summed E-state index contributed by atoms with van der Waals surface area (Å²) in [7, 11) is 0. The zero-order valence-corrected chi connectivity index (χ0v) is 17.0. The Morgan fingerprint density at radius 2 is 1.41 bits per heavy atom. The van der Waals surface area contributed by atoms with Crippen molar-refractivity contribution in [1.29, 1.82) is 0 Å². The van der Waals surface area contributed by atoms with E-state index in [0.29, 0.717) is 6.54 Å². The summed E-state index contributed by atoms with van der Waals surface area (Å²) in [6.45, 7) is 5.00. The number of hydrogen-bond acceptors (Lipinski definition) is 4. The first-order valence-corrected chi connectivity index (χ1v) is 8.69. The number of rotatable bonds is 15. The summed E-state index contributed by atoms with van der Waals surface area (Å²) in [6.07, 6.45) is 12.7. The maximum atomic E-state index is 10.9. The van der Waals surface area contributed by atoms with Gasteiger partial charge in [0.15, 0.2) is 0 Å². The number of aliphatic hydroxyl groups is 1. The van der Waals surface area contributed by atoms with Crippen molar-refractivity contribution in [3.05, 3.63) is 0 Å². The number of aliphatic hydroxyl groups excluding tert-OH is 1. The molecule has 0 aromatic heterocycles.